The summed E-state index contributed by atoms with van der Waals surface area (Å²) in [6.07, 6.45) is 1.88. The second kappa shape index (κ2) is 9.72. The molecule has 6 N–H and O–H groups in total. The minimum atomic E-state index is -1.54. The molecule has 12 heteroatoms. The lowest BCUT2D eigenvalue weighted by atomic mass is 10.2. The molecule has 2 amide bonds. The molecule has 0 aliphatic rings. The van der Waals surface area contributed by atoms with Crippen LogP contribution in [0.15, 0.2) is 4.52 Å². The first kappa shape index (κ1) is 19.7. The Morgan fingerprint density at radius 2 is 2.08 bits per heavy atom. The molecule has 1 aromatic rings. The zero-order chi connectivity index (χ0) is 18.1. The summed E-state index contributed by atoms with van der Waals surface area (Å²) in [4.78, 5) is 37.0. The van der Waals surface area contributed by atoms with Crippen LogP contribution >= 0.6 is 11.8 Å². The lowest BCUT2D eigenvalue weighted by Gasteiger charge is -2.12. The van der Waals surface area contributed by atoms with Crippen LogP contribution in [0.4, 0.5) is 4.79 Å². The molecule has 1 heterocycles. The van der Waals surface area contributed by atoms with Crippen LogP contribution in [-0.4, -0.2) is 56.4 Å². The van der Waals surface area contributed by atoms with E-state index in [1.165, 1.54) is 0 Å². The molecule has 0 saturated carbocycles. The first-order chi connectivity index (χ1) is 11.3. The lowest BCUT2D eigenvalue weighted by Crippen LogP contribution is -2.46. The molecule has 11 nitrogen and oxygen atoms in total. The highest BCUT2D eigenvalue weighted by atomic mass is 32.2. The van der Waals surface area contributed by atoms with Crippen molar-refractivity contribution in [3.63, 3.8) is 0 Å². The molecule has 0 fully saturated rings. The summed E-state index contributed by atoms with van der Waals surface area (Å²) in [6.45, 7) is -0.145. The molecule has 24 heavy (non-hydrogen) atoms. The smallest absolute Gasteiger partial charge is 0.326 e. The average molecular weight is 361 g/mol. The molecule has 134 valence electrons. The largest absolute Gasteiger partial charge is 0.481 e. The van der Waals surface area contributed by atoms with E-state index in [1.54, 1.807) is 11.8 Å². The van der Waals surface area contributed by atoms with Gasteiger partial charge >= 0.3 is 18.0 Å². The molecule has 0 unspecified atom stereocenters. The quantitative estimate of drug-likeness (QED) is 0.366. The van der Waals surface area contributed by atoms with Gasteiger partial charge in [0, 0.05) is 0 Å². The molecular weight excluding hydrogens is 342 g/mol. The fourth-order valence-electron chi connectivity index (χ4n) is 1.60. The summed E-state index contributed by atoms with van der Waals surface area (Å²) in [7, 11) is 0. The molecule has 0 spiro atoms. The van der Waals surface area contributed by atoms with Crippen LogP contribution in [0.5, 0.6) is 0 Å². The molecule has 2 atom stereocenters. The van der Waals surface area contributed by atoms with Crippen LogP contribution in [0.2, 0.25) is 0 Å². The van der Waals surface area contributed by atoms with E-state index in [1.807, 2.05) is 11.6 Å². The summed E-state index contributed by atoms with van der Waals surface area (Å²) >= 11 is 1.64. The van der Waals surface area contributed by atoms with Gasteiger partial charge in [-0.2, -0.15) is 16.7 Å². The Bertz CT molecular complexity index is 580. The van der Waals surface area contributed by atoms with E-state index in [4.69, 9.17) is 20.5 Å². The Morgan fingerprint density at radius 3 is 2.67 bits per heavy atom. The fraction of sp³-hybridized carbons (Fsp3) is 0.583. The number of hydrogen-bond donors (Lipinski definition) is 5. The second-order valence-corrected chi connectivity index (χ2v) is 5.74. The van der Waals surface area contributed by atoms with Crippen molar-refractivity contribution in [2.24, 2.45) is 5.73 Å². The minimum absolute atomic E-state index is 0.102. The van der Waals surface area contributed by atoms with Gasteiger partial charge in [0.2, 0.25) is 5.89 Å². The van der Waals surface area contributed by atoms with Gasteiger partial charge in [0.05, 0.1) is 19.0 Å². The lowest BCUT2D eigenvalue weighted by molar-refractivity contribution is -0.145. The third kappa shape index (κ3) is 6.83. The van der Waals surface area contributed by atoms with Gasteiger partial charge in [-0.05, 0) is 18.4 Å². The number of nitrogens with two attached hydrogens (primary N) is 1. The van der Waals surface area contributed by atoms with Crippen LogP contribution in [0.25, 0.3) is 0 Å². The van der Waals surface area contributed by atoms with Gasteiger partial charge in [0.15, 0.2) is 5.82 Å². The normalized spacial score (nSPS) is 13.1. The highest BCUT2D eigenvalue weighted by molar-refractivity contribution is 7.98. The van der Waals surface area contributed by atoms with Crippen molar-refractivity contribution in [3.05, 3.63) is 11.7 Å². The van der Waals surface area contributed by atoms with Crippen molar-refractivity contribution in [2.45, 2.75) is 31.5 Å². The van der Waals surface area contributed by atoms with Crippen molar-refractivity contribution in [1.29, 1.82) is 0 Å². The van der Waals surface area contributed by atoms with Gasteiger partial charge in [-0.3, -0.25) is 4.79 Å². The third-order valence-electron chi connectivity index (χ3n) is 2.83. The summed E-state index contributed by atoms with van der Waals surface area (Å²) in [6, 6.07) is -2.79. The van der Waals surface area contributed by atoms with Gasteiger partial charge in [-0.1, -0.05) is 5.16 Å². The average Bonchev–Trinajstić information content (AvgIpc) is 2.98. The summed E-state index contributed by atoms with van der Waals surface area (Å²) in [5.74, 6) is -1.54. The number of aliphatic carboxylic acids is 2. The maximum atomic E-state index is 11.6. The number of hydrogen-bond acceptors (Lipinski definition) is 8. The minimum Gasteiger partial charge on any atom is -0.481 e. The Kier molecular flexibility index (Phi) is 7.98. The van der Waals surface area contributed by atoms with Crippen molar-refractivity contribution < 1.29 is 29.1 Å². The molecule has 0 radical (unpaired) electrons. The highest BCUT2D eigenvalue weighted by Crippen LogP contribution is 2.12. The van der Waals surface area contributed by atoms with Crippen molar-refractivity contribution >= 4 is 29.7 Å². The maximum Gasteiger partial charge on any atom is 0.326 e. The number of thioether (sulfide) groups is 1. The first-order valence-corrected chi connectivity index (χ1v) is 8.28. The van der Waals surface area contributed by atoms with Gasteiger partial charge in [0.1, 0.15) is 6.04 Å². The fourth-order valence-corrected chi connectivity index (χ4v) is 2.09. The number of carboxylic acid groups (broad SMARTS) is 2. The predicted octanol–water partition coefficient (Wildman–Crippen LogP) is -0.450. The number of urea groups is 1. The van der Waals surface area contributed by atoms with Crippen molar-refractivity contribution in [2.75, 3.05) is 12.0 Å². The molecule has 0 bridgehead atoms. The summed E-state index contributed by atoms with van der Waals surface area (Å²) in [5.41, 5.74) is 5.88. The number of aromatic nitrogens is 2. The number of carbonyl (C=O) groups is 3. The number of rotatable bonds is 10. The van der Waals surface area contributed by atoms with E-state index >= 15 is 0 Å². The molecular formula is C12H19N5O6S. The molecule has 0 aliphatic heterocycles. The molecule has 0 saturated heterocycles. The van der Waals surface area contributed by atoms with Crippen LogP contribution in [0.1, 0.15) is 30.6 Å². The van der Waals surface area contributed by atoms with Gasteiger partial charge < -0.3 is 31.1 Å². The third-order valence-corrected chi connectivity index (χ3v) is 3.47. The zero-order valence-corrected chi connectivity index (χ0v) is 13.7. The Morgan fingerprint density at radius 1 is 1.38 bits per heavy atom. The Balaban J connectivity index is 2.48. The topological polar surface area (TPSA) is 181 Å². The number of nitrogens with one attached hydrogen (secondary N) is 2. The molecule has 0 aliphatic carbocycles. The molecule has 1 rings (SSSR count). The van der Waals surface area contributed by atoms with Crippen LogP contribution in [0, 0.1) is 0 Å². The summed E-state index contributed by atoms with van der Waals surface area (Å²) in [5, 5.41) is 25.5. The van der Waals surface area contributed by atoms with E-state index < -0.39 is 30.4 Å². The molecule has 1 aromatic heterocycles. The predicted molar refractivity (Wildman–Crippen MR) is 83.3 cm³/mol. The number of nitrogens with zero attached hydrogens (tertiary/aromatic N) is 2. The van der Waals surface area contributed by atoms with Gasteiger partial charge in [0.25, 0.3) is 0 Å². The monoisotopic (exact) mass is 361 g/mol. The number of carboxylic acids is 2. The zero-order valence-electron chi connectivity index (χ0n) is 12.9. The van der Waals surface area contributed by atoms with E-state index in [9.17, 15) is 14.4 Å². The van der Waals surface area contributed by atoms with Gasteiger partial charge in [-0.15, -0.1) is 0 Å². The van der Waals surface area contributed by atoms with Gasteiger partial charge in [-0.25, -0.2) is 9.59 Å². The maximum absolute atomic E-state index is 11.6. The van der Waals surface area contributed by atoms with Crippen LogP contribution in [0.3, 0.4) is 0 Å². The van der Waals surface area contributed by atoms with E-state index in [2.05, 4.69) is 15.5 Å². The Hall–Kier alpha value is -2.34. The number of amides is 2. The first-order valence-electron chi connectivity index (χ1n) is 6.89. The second-order valence-electron chi connectivity index (χ2n) is 4.75. The van der Waals surface area contributed by atoms with E-state index in [0.717, 1.165) is 5.75 Å². The van der Waals surface area contributed by atoms with E-state index in [0.29, 0.717) is 12.2 Å². The standard InChI is InChI=1S/C12H19N5O6S/c1-24-3-2-6(13)10-16-8(23-17-10)5-14-12(22)15-7(11(20)21)4-9(18)19/h6-7H,2-5,13H2,1H3,(H,18,19)(H,20,21)(H2,14,15,22)/t6-,7-/m0/s1. The molecule has 0 aromatic carbocycles. The van der Waals surface area contributed by atoms with Crippen molar-refractivity contribution in [3.8, 4) is 0 Å². The van der Waals surface area contributed by atoms with Crippen LogP contribution in [-0.2, 0) is 16.1 Å². The van der Waals surface area contributed by atoms with E-state index in [-0.39, 0.29) is 18.5 Å². The van der Waals surface area contributed by atoms with Crippen molar-refractivity contribution in [1.82, 2.24) is 20.8 Å². The SMILES string of the molecule is CSCC[C@H](N)c1noc(CNC(=O)N[C@@H](CC(=O)O)C(=O)O)n1. The summed E-state index contributed by atoms with van der Waals surface area (Å²) < 4.78 is 4.93. The number of carbonyl (C=O) groups excluding carboxylic acids is 1. The Labute approximate surface area is 141 Å². The van der Waals surface area contributed by atoms with Crippen LogP contribution < -0.4 is 16.4 Å². The highest BCUT2D eigenvalue weighted by Gasteiger charge is 2.23.